The van der Waals surface area contributed by atoms with Crippen LogP contribution >= 0.6 is 11.3 Å². The van der Waals surface area contributed by atoms with E-state index in [9.17, 15) is 0 Å². The predicted molar refractivity (Wildman–Crippen MR) is 103 cm³/mol. The Morgan fingerprint density at radius 2 is 2.20 bits per heavy atom. The van der Waals surface area contributed by atoms with Crippen LogP contribution in [0.5, 0.6) is 5.75 Å². The summed E-state index contributed by atoms with van der Waals surface area (Å²) in [7, 11) is 1.80. The Bertz CT molecular complexity index is 755. The molecule has 1 saturated heterocycles. The first-order valence-electron chi connectivity index (χ1n) is 9.74. The van der Waals surface area contributed by atoms with Crippen molar-refractivity contribution in [1.29, 1.82) is 0 Å². The van der Waals surface area contributed by atoms with Crippen molar-refractivity contribution >= 4 is 11.3 Å². The van der Waals surface area contributed by atoms with Crippen LogP contribution in [0.15, 0.2) is 35.7 Å². The summed E-state index contributed by atoms with van der Waals surface area (Å²) in [5.41, 5.74) is 3.63. The zero-order chi connectivity index (χ0) is 16.9. The van der Waals surface area contributed by atoms with Gasteiger partial charge in [0.15, 0.2) is 0 Å². The second-order valence-electron chi connectivity index (χ2n) is 8.10. The summed E-state index contributed by atoms with van der Waals surface area (Å²) in [6.07, 6.45) is 8.13. The minimum absolute atomic E-state index is 0.414. The van der Waals surface area contributed by atoms with Gasteiger partial charge in [-0.05, 0) is 72.9 Å². The van der Waals surface area contributed by atoms with Crippen LogP contribution in [-0.4, -0.2) is 24.6 Å². The zero-order valence-corrected chi connectivity index (χ0v) is 15.9. The quantitative estimate of drug-likeness (QED) is 0.768. The fourth-order valence-corrected chi connectivity index (χ4v) is 6.72. The minimum Gasteiger partial charge on any atom is -0.497 e. The standard InChI is InChI=1S/C22H27NOS/c1-24-17-8-7-16-13-21-19-6-2-3-9-22(19,20(16)14-17)10-11-23(21)15-18-5-4-12-25-18/h4-5,7-8,12,14,19,21H,2-3,6,9-11,13,15H2,1H3/t19-,21+,22-/m0/s1. The van der Waals surface area contributed by atoms with Gasteiger partial charge in [-0.1, -0.05) is 25.0 Å². The number of nitrogens with zero attached hydrogens (tertiary/aromatic N) is 1. The number of hydrogen-bond acceptors (Lipinski definition) is 3. The molecule has 25 heavy (non-hydrogen) atoms. The fraction of sp³-hybridized carbons (Fsp3) is 0.545. The van der Waals surface area contributed by atoms with E-state index in [0.717, 1.165) is 24.3 Å². The molecule has 2 aliphatic carbocycles. The Morgan fingerprint density at radius 3 is 3.04 bits per heavy atom. The lowest BCUT2D eigenvalue weighted by atomic mass is 9.52. The summed E-state index contributed by atoms with van der Waals surface area (Å²) in [5, 5.41) is 2.21. The van der Waals surface area contributed by atoms with Crippen LogP contribution in [-0.2, 0) is 18.4 Å². The smallest absolute Gasteiger partial charge is 0.119 e. The third-order valence-corrected chi connectivity index (χ3v) is 7.96. The molecular formula is C22H27NOS. The van der Waals surface area contributed by atoms with Crippen molar-refractivity contribution < 1.29 is 4.74 Å². The molecule has 1 aliphatic heterocycles. The zero-order valence-electron chi connectivity index (χ0n) is 15.0. The molecule has 0 spiro atoms. The Labute approximate surface area is 154 Å². The highest BCUT2D eigenvalue weighted by atomic mass is 32.1. The maximum absolute atomic E-state index is 5.58. The van der Waals surface area contributed by atoms with Crippen molar-refractivity contribution in [2.45, 2.75) is 56.5 Å². The molecule has 132 valence electrons. The second kappa shape index (κ2) is 6.14. The normalized spacial score (nSPS) is 31.2. The minimum atomic E-state index is 0.414. The SMILES string of the molecule is COc1ccc2c(c1)[C@]13CCCC[C@H]1[C@@H](C2)N(Cc1cccs1)CC3. The van der Waals surface area contributed by atoms with Gasteiger partial charge in [0.2, 0.25) is 0 Å². The predicted octanol–water partition coefficient (Wildman–Crippen LogP) is 5.02. The molecule has 1 aromatic carbocycles. The van der Waals surface area contributed by atoms with Gasteiger partial charge in [0.05, 0.1) is 7.11 Å². The lowest BCUT2D eigenvalue weighted by Crippen LogP contribution is -2.60. The molecule has 3 aliphatic rings. The number of likely N-dealkylation sites (tertiary alicyclic amines) is 1. The number of piperidine rings is 1. The molecule has 3 atom stereocenters. The van der Waals surface area contributed by atoms with E-state index in [1.54, 1.807) is 18.2 Å². The van der Waals surface area contributed by atoms with Gasteiger partial charge in [-0.15, -0.1) is 11.3 Å². The summed E-state index contributed by atoms with van der Waals surface area (Å²) >= 11 is 1.91. The van der Waals surface area contributed by atoms with E-state index in [-0.39, 0.29) is 0 Å². The van der Waals surface area contributed by atoms with Crippen LogP contribution in [0.2, 0.25) is 0 Å². The van der Waals surface area contributed by atoms with Crippen molar-refractivity contribution in [3.8, 4) is 5.75 Å². The van der Waals surface area contributed by atoms with Gasteiger partial charge in [-0.3, -0.25) is 4.90 Å². The highest BCUT2D eigenvalue weighted by Gasteiger charge is 2.53. The molecule has 1 aromatic heterocycles. The highest BCUT2D eigenvalue weighted by molar-refractivity contribution is 7.09. The van der Waals surface area contributed by atoms with Crippen molar-refractivity contribution in [1.82, 2.24) is 4.90 Å². The van der Waals surface area contributed by atoms with Crippen molar-refractivity contribution in [2.75, 3.05) is 13.7 Å². The van der Waals surface area contributed by atoms with E-state index in [2.05, 4.69) is 40.6 Å². The van der Waals surface area contributed by atoms with Crippen molar-refractivity contribution in [3.05, 3.63) is 51.7 Å². The average Bonchev–Trinajstić information content (AvgIpc) is 3.17. The first-order chi connectivity index (χ1) is 12.3. The number of ether oxygens (including phenoxy) is 1. The van der Waals surface area contributed by atoms with Gasteiger partial charge in [0.25, 0.3) is 0 Å². The first kappa shape index (κ1) is 15.9. The van der Waals surface area contributed by atoms with Crippen LogP contribution in [0.25, 0.3) is 0 Å². The lowest BCUT2D eigenvalue weighted by molar-refractivity contribution is -0.0152. The molecule has 1 saturated carbocycles. The number of hydrogen-bond donors (Lipinski definition) is 0. The summed E-state index contributed by atoms with van der Waals surface area (Å²) in [4.78, 5) is 4.32. The summed E-state index contributed by atoms with van der Waals surface area (Å²) in [5.74, 6) is 1.87. The van der Waals surface area contributed by atoms with Crippen LogP contribution in [0.1, 0.15) is 48.1 Å². The van der Waals surface area contributed by atoms with Crippen molar-refractivity contribution in [2.24, 2.45) is 5.92 Å². The summed E-state index contributed by atoms with van der Waals surface area (Å²) in [6.45, 7) is 2.39. The van der Waals surface area contributed by atoms with E-state index < -0.39 is 0 Å². The molecule has 0 amide bonds. The second-order valence-corrected chi connectivity index (χ2v) is 9.14. The van der Waals surface area contributed by atoms with Gasteiger partial charge < -0.3 is 4.74 Å². The van der Waals surface area contributed by atoms with Crippen molar-refractivity contribution in [3.63, 3.8) is 0 Å². The Hall–Kier alpha value is -1.32. The van der Waals surface area contributed by atoms with Gasteiger partial charge in [-0.25, -0.2) is 0 Å². The molecule has 2 heterocycles. The molecule has 0 radical (unpaired) electrons. The molecule has 2 fully saturated rings. The number of benzene rings is 1. The van der Waals surface area contributed by atoms with Crippen LogP contribution < -0.4 is 4.74 Å². The maximum Gasteiger partial charge on any atom is 0.119 e. The molecular weight excluding hydrogens is 326 g/mol. The molecule has 5 rings (SSSR count). The van der Waals surface area contributed by atoms with Crippen LogP contribution in [0, 0.1) is 5.92 Å². The Morgan fingerprint density at radius 1 is 1.24 bits per heavy atom. The summed E-state index contributed by atoms with van der Waals surface area (Å²) < 4.78 is 5.58. The third kappa shape index (κ3) is 2.47. The third-order valence-electron chi connectivity index (χ3n) is 7.10. The molecule has 2 bridgehead atoms. The number of fused-ring (bicyclic) bond motifs is 1. The molecule has 0 unspecified atom stereocenters. The van der Waals surface area contributed by atoms with E-state index in [4.69, 9.17) is 4.74 Å². The Kier molecular flexibility index (Phi) is 3.90. The van der Waals surface area contributed by atoms with Crippen LogP contribution in [0.4, 0.5) is 0 Å². The number of methoxy groups -OCH3 is 1. The largest absolute Gasteiger partial charge is 0.497 e. The number of thiophene rings is 1. The fourth-order valence-electron chi connectivity index (χ4n) is 5.99. The van der Waals surface area contributed by atoms with Gasteiger partial charge in [0.1, 0.15) is 5.75 Å². The van der Waals surface area contributed by atoms with Gasteiger partial charge in [-0.2, -0.15) is 0 Å². The van der Waals surface area contributed by atoms with E-state index >= 15 is 0 Å². The average molecular weight is 354 g/mol. The van der Waals surface area contributed by atoms with E-state index in [1.807, 2.05) is 11.3 Å². The van der Waals surface area contributed by atoms with Crippen LogP contribution in [0.3, 0.4) is 0 Å². The maximum atomic E-state index is 5.58. The Balaban J connectivity index is 1.55. The molecule has 3 heteroatoms. The number of rotatable bonds is 3. The molecule has 0 N–H and O–H groups in total. The van der Waals surface area contributed by atoms with Gasteiger partial charge in [0, 0.05) is 22.9 Å². The topological polar surface area (TPSA) is 12.5 Å². The molecule has 2 nitrogen and oxygen atoms in total. The van der Waals surface area contributed by atoms with E-state index in [1.165, 1.54) is 49.9 Å². The monoisotopic (exact) mass is 353 g/mol. The lowest BCUT2D eigenvalue weighted by Gasteiger charge is -2.59. The van der Waals surface area contributed by atoms with E-state index in [0.29, 0.717) is 5.41 Å². The summed E-state index contributed by atoms with van der Waals surface area (Å²) in [6, 6.07) is 12.1. The highest BCUT2D eigenvalue weighted by Crippen LogP contribution is 2.56. The van der Waals surface area contributed by atoms with Gasteiger partial charge >= 0.3 is 0 Å². The first-order valence-corrected chi connectivity index (χ1v) is 10.6. The molecule has 2 aromatic rings.